The first kappa shape index (κ1) is 22.7. The molecular weight excluding hydrogens is 467 g/mol. The topological polar surface area (TPSA) is 77.2 Å². The molecule has 28 heavy (non-hydrogen) atoms. The fraction of sp³-hybridized carbons (Fsp3) is 0.600. The zero-order valence-electron chi connectivity index (χ0n) is 16.7. The van der Waals surface area contributed by atoms with Crippen molar-refractivity contribution in [2.75, 3.05) is 57.3 Å². The summed E-state index contributed by atoms with van der Waals surface area (Å²) in [6.07, 6.45) is 2.43. The molecule has 1 unspecified atom stereocenters. The Morgan fingerprint density at radius 2 is 1.89 bits per heavy atom. The van der Waals surface area contributed by atoms with Crippen LogP contribution >= 0.6 is 24.0 Å². The zero-order chi connectivity index (χ0) is 19.1. The number of carbonyl (C=O) groups excluding carboxylic acids is 1. The van der Waals surface area contributed by atoms with Crippen LogP contribution in [-0.2, 0) is 4.79 Å². The molecule has 7 nitrogen and oxygen atoms in total. The average Bonchev–Trinajstić information content (AvgIpc) is 3.19. The molecule has 0 aliphatic carbocycles. The van der Waals surface area contributed by atoms with Crippen LogP contribution < -0.4 is 16.0 Å². The van der Waals surface area contributed by atoms with Gasteiger partial charge >= 0.3 is 0 Å². The van der Waals surface area contributed by atoms with Gasteiger partial charge in [-0.3, -0.25) is 9.69 Å². The Labute approximate surface area is 185 Å². The Hall–Kier alpha value is -1.55. The second-order valence-corrected chi connectivity index (χ2v) is 7.21. The van der Waals surface area contributed by atoms with Crippen molar-refractivity contribution < 1.29 is 4.79 Å². The van der Waals surface area contributed by atoms with Crippen LogP contribution in [0.2, 0.25) is 0 Å². The van der Waals surface area contributed by atoms with Gasteiger partial charge < -0.3 is 20.9 Å². The number of aliphatic imine (C=N–C) groups is 1. The number of amides is 1. The number of nitrogens with one attached hydrogen (secondary N) is 1. The first-order valence-electron chi connectivity index (χ1n) is 10.0. The Morgan fingerprint density at radius 1 is 1.18 bits per heavy atom. The quantitative estimate of drug-likeness (QED) is 0.351. The van der Waals surface area contributed by atoms with Crippen LogP contribution in [0.25, 0.3) is 0 Å². The van der Waals surface area contributed by atoms with Gasteiger partial charge in [0.1, 0.15) is 6.54 Å². The van der Waals surface area contributed by atoms with E-state index in [1.807, 2.05) is 23.1 Å². The molecule has 2 aliphatic rings. The van der Waals surface area contributed by atoms with Crippen LogP contribution in [0, 0.1) is 0 Å². The predicted molar refractivity (Wildman–Crippen MR) is 125 cm³/mol. The largest absolute Gasteiger partial charge is 0.370 e. The lowest BCUT2D eigenvalue weighted by Gasteiger charge is -2.36. The van der Waals surface area contributed by atoms with Gasteiger partial charge in [0, 0.05) is 44.5 Å². The standard InChI is InChI=1S/C20H32N6O.HI/c1-2-24-10-6-9-18(24)15-22-20(21)23-16-19(27)26-13-11-25(12-14-26)17-7-4-3-5-8-17;/h3-5,7-8,18H,2,6,9-16H2,1H3,(H3,21,22,23);1H. The lowest BCUT2D eigenvalue weighted by Crippen LogP contribution is -2.49. The molecule has 0 saturated carbocycles. The molecule has 8 heteroatoms. The highest BCUT2D eigenvalue weighted by Gasteiger charge is 2.23. The molecule has 1 aromatic rings. The number of likely N-dealkylation sites (tertiary alicyclic amines) is 1. The molecule has 0 radical (unpaired) electrons. The van der Waals surface area contributed by atoms with Gasteiger partial charge in [-0.25, -0.2) is 4.99 Å². The van der Waals surface area contributed by atoms with Crippen LogP contribution in [0.3, 0.4) is 0 Å². The van der Waals surface area contributed by atoms with E-state index in [2.05, 4.69) is 39.2 Å². The smallest absolute Gasteiger partial charge is 0.244 e. The zero-order valence-corrected chi connectivity index (χ0v) is 19.0. The van der Waals surface area contributed by atoms with Crippen LogP contribution in [0.5, 0.6) is 0 Å². The van der Waals surface area contributed by atoms with E-state index in [0.717, 1.165) is 45.8 Å². The number of benzene rings is 1. The van der Waals surface area contributed by atoms with Crippen molar-refractivity contribution >= 4 is 41.5 Å². The van der Waals surface area contributed by atoms with Gasteiger partial charge in [0.05, 0.1) is 0 Å². The fourth-order valence-electron chi connectivity index (χ4n) is 3.93. The summed E-state index contributed by atoms with van der Waals surface area (Å²) in [6.45, 7) is 8.48. The first-order valence-corrected chi connectivity index (χ1v) is 10.0. The van der Waals surface area contributed by atoms with E-state index >= 15 is 0 Å². The summed E-state index contributed by atoms with van der Waals surface area (Å²) >= 11 is 0. The summed E-state index contributed by atoms with van der Waals surface area (Å²) in [5, 5.41) is 3.18. The van der Waals surface area contributed by atoms with Crippen LogP contribution in [0.15, 0.2) is 35.3 Å². The molecule has 1 aromatic carbocycles. The van der Waals surface area contributed by atoms with Crippen LogP contribution in [-0.4, -0.2) is 80.1 Å². The van der Waals surface area contributed by atoms with Gasteiger partial charge in [-0.2, -0.15) is 0 Å². The van der Waals surface area contributed by atoms with Crippen molar-refractivity contribution in [2.45, 2.75) is 25.8 Å². The highest BCUT2D eigenvalue weighted by molar-refractivity contribution is 14.0. The summed E-state index contributed by atoms with van der Waals surface area (Å²) in [7, 11) is 0. The molecule has 0 aromatic heterocycles. The van der Waals surface area contributed by atoms with Crippen molar-refractivity contribution in [3.63, 3.8) is 0 Å². The minimum atomic E-state index is 0. The predicted octanol–water partition coefficient (Wildman–Crippen LogP) is 1.34. The Bertz CT molecular complexity index is 633. The van der Waals surface area contributed by atoms with Crippen molar-refractivity contribution in [3.05, 3.63) is 30.3 Å². The van der Waals surface area contributed by atoms with E-state index in [0.29, 0.717) is 12.0 Å². The van der Waals surface area contributed by atoms with E-state index in [-0.39, 0.29) is 36.4 Å². The number of piperazine rings is 1. The van der Waals surface area contributed by atoms with E-state index in [4.69, 9.17) is 5.73 Å². The summed E-state index contributed by atoms with van der Waals surface area (Å²) in [5.74, 6) is 0.415. The molecule has 2 aliphatic heterocycles. The molecule has 1 atom stereocenters. The van der Waals surface area contributed by atoms with E-state index in [1.54, 1.807) is 0 Å². The van der Waals surface area contributed by atoms with Gasteiger partial charge in [0.25, 0.3) is 0 Å². The molecule has 0 bridgehead atoms. The maximum Gasteiger partial charge on any atom is 0.244 e. The number of guanidine groups is 1. The second-order valence-electron chi connectivity index (χ2n) is 7.21. The number of nitrogens with two attached hydrogens (primary N) is 1. The Balaban J connectivity index is 0.00000280. The molecule has 2 heterocycles. The molecule has 1 amide bonds. The lowest BCUT2D eigenvalue weighted by atomic mass is 10.2. The molecular formula is C20H33IN6O. The summed E-state index contributed by atoms with van der Waals surface area (Å²) in [6, 6.07) is 10.8. The SMILES string of the molecule is CCN1CCCC1CNC(N)=NCC(=O)N1CCN(c2ccccc2)CC1.I. The van der Waals surface area contributed by atoms with Crippen molar-refractivity contribution in [2.24, 2.45) is 10.7 Å². The number of carbonyl (C=O) groups is 1. The Morgan fingerprint density at radius 3 is 2.57 bits per heavy atom. The number of likely N-dealkylation sites (N-methyl/N-ethyl adjacent to an activating group) is 1. The molecule has 3 N–H and O–H groups in total. The molecule has 156 valence electrons. The monoisotopic (exact) mass is 500 g/mol. The molecule has 0 spiro atoms. The third-order valence-electron chi connectivity index (χ3n) is 5.56. The Kier molecular flexibility index (Phi) is 9.30. The summed E-state index contributed by atoms with van der Waals surface area (Å²) in [5.41, 5.74) is 7.17. The summed E-state index contributed by atoms with van der Waals surface area (Å²) < 4.78 is 0. The minimum Gasteiger partial charge on any atom is -0.370 e. The number of nitrogens with zero attached hydrogens (tertiary/aromatic N) is 4. The first-order chi connectivity index (χ1) is 13.2. The molecule has 2 saturated heterocycles. The highest BCUT2D eigenvalue weighted by atomic mass is 127. The fourth-order valence-corrected chi connectivity index (χ4v) is 3.93. The van der Waals surface area contributed by atoms with Gasteiger partial charge in [-0.05, 0) is 38.1 Å². The van der Waals surface area contributed by atoms with E-state index in [9.17, 15) is 4.79 Å². The van der Waals surface area contributed by atoms with Crippen molar-refractivity contribution in [3.8, 4) is 0 Å². The maximum atomic E-state index is 12.4. The number of hydrogen-bond acceptors (Lipinski definition) is 4. The molecule has 2 fully saturated rings. The lowest BCUT2D eigenvalue weighted by molar-refractivity contribution is -0.129. The summed E-state index contributed by atoms with van der Waals surface area (Å²) in [4.78, 5) is 23.3. The normalized spacial score (nSPS) is 20.8. The number of para-hydroxylation sites is 1. The van der Waals surface area contributed by atoms with Gasteiger partial charge in [0.2, 0.25) is 5.91 Å². The van der Waals surface area contributed by atoms with Gasteiger partial charge in [-0.15, -0.1) is 24.0 Å². The third kappa shape index (κ3) is 6.23. The highest BCUT2D eigenvalue weighted by Crippen LogP contribution is 2.16. The third-order valence-corrected chi connectivity index (χ3v) is 5.56. The average molecular weight is 500 g/mol. The number of hydrogen-bond donors (Lipinski definition) is 2. The van der Waals surface area contributed by atoms with Crippen LogP contribution in [0.1, 0.15) is 19.8 Å². The molecule has 3 rings (SSSR count). The van der Waals surface area contributed by atoms with Gasteiger partial charge in [-0.1, -0.05) is 25.1 Å². The van der Waals surface area contributed by atoms with E-state index < -0.39 is 0 Å². The minimum absolute atomic E-state index is 0. The van der Waals surface area contributed by atoms with Gasteiger partial charge in [0.15, 0.2) is 5.96 Å². The van der Waals surface area contributed by atoms with Crippen molar-refractivity contribution in [1.82, 2.24) is 15.1 Å². The number of rotatable bonds is 6. The van der Waals surface area contributed by atoms with Crippen LogP contribution in [0.4, 0.5) is 5.69 Å². The van der Waals surface area contributed by atoms with Crippen molar-refractivity contribution in [1.29, 1.82) is 0 Å². The maximum absolute atomic E-state index is 12.4. The second kappa shape index (κ2) is 11.5. The number of halogens is 1. The van der Waals surface area contributed by atoms with E-state index in [1.165, 1.54) is 18.5 Å². The number of anilines is 1.